The highest BCUT2D eigenvalue weighted by Crippen LogP contribution is 2.36. The number of halogens is 2. The molecule has 1 aliphatic rings. The largest absolute Gasteiger partial charge is 0.493 e. The van der Waals surface area contributed by atoms with E-state index in [-0.39, 0.29) is 17.3 Å². The van der Waals surface area contributed by atoms with Crippen molar-refractivity contribution in [3.05, 3.63) is 46.9 Å². The van der Waals surface area contributed by atoms with Gasteiger partial charge in [-0.1, -0.05) is 11.2 Å². The lowest BCUT2D eigenvalue weighted by Crippen LogP contribution is -2.46. The summed E-state index contributed by atoms with van der Waals surface area (Å²) in [4.78, 5) is 14.7. The van der Waals surface area contributed by atoms with Crippen LogP contribution in [0.4, 0.5) is 14.6 Å². The van der Waals surface area contributed by atoms with Crippen molar-refractivity contribution in [2.24, 2.45) is 0 Å². The average molecular weight is 438 g/mol. The summed E-state index contributed by atoms with van der Waals surface area (Å²) in [5.41, 5.74) is 1.56. The van der Waals surface area contributed by atoms with Gasteiger partial charge in [-0.2, -0.15) is 8.78 Å². The lowest BCUT2D eigenvalue weighted by molar-refractivity contribution is -0.113. The summed E-state index contributed by atoms with van der Waals surface area (Å²) in [6.07, 6.45) is 0. The van der Waals surface area contributed by atoms with Gasteiger partial charge in [0.2, 0.25) is 0 Å². The number of hydrogen-bond acceptors (Lipinski definition) is 6. The number of amides is 1. The minimum atomic E-state index is -2.99. The van der Waals surface area contributed by atoms with Crippen LogP contribution in [0, 0.1) is 6.92 Å². The molecule has 1 aromatic heterocycles. The van der Waals surface area contributed by atoms with Gasteiger partial charge in [0.25, 0.3) is 5.91 Å². The van der Waals surface area contributed by atoms with E-state index in [4.69, 9.17) is 21.5 Å². The predicted molar refractivity (Wildman–Crippen MR) is 108 cm³/mol. The number of methoxy groups -OCH3 is 1. The molecule has 2 aromatic rings. The number of nitrogens with zero attached hydrogens (tertiary/aromatic N) is 2. The summed E-state index contributed by atoms with van der Waals surface area (Å²) in [6, 6.07) is 5.37. The van der Waals surface area contributed by atoms with Gasteiger partial charge in [-0.3, -0.25) is 4.79 Å². The molecule has 1 atom stereocenters. The molecule has 11 heteroatoms. The Balaban J connectivity index is 2.00. The smallest absolute Gasteiger partial charge is 0.387 e. The summed E-state index contributed by atoms with van der Waals surface area (Å²) in [5.74, 6) is 0.387. The maximum absolute atomic E-state index is 13.1. The van der Waals surface area contributed by atoms with Gasteiger partial charge < -0.3 is 29.5 Å². The predicted octanol–water partition coefficient (Wildman–Crippen LogP) is 3.37. The van der Waals surface area contributed by atoms with E-state index in [0.717, 1.165) is 0 Å². The first kappa shape index (κ1) is 21.5. The number of allylic oxidation sites excluding steroid dienone is 1. The van der Waals surface area contributed by atoms with Crippen LogP contribution in [0.2, 0.25) is 0 Å². The Morgan fingerprint density at radius 2 is 2.07 bits per heavy atom. The first-order chi connectivity index (χ1) is 14.2. The van der Waals surface area contributed by atoms with Gasteiger partial charge in [0, 0.05) is 18.8 Å². The molecule has 0 fully saturated rings. The number of aromatic nitrogens is 1. The molecular weight excluding hydrogens is 418 g/mol. The number of aryl methyl sites for hydroxylation is 1. The normalized spacial score (nSPS) is 16.6. The summed E-state index contributed by atoms with van der Waals surface area (Å²) in [7, 11) is 3.07. The Kier molecular flexibility index (Phi) is 6.20. The summed E-state index contributed by atoms with van der Waals surface area (Å²) in [5, 5.41) is 9.97. The summed E-state index contributed by atoms with van der Waals surface area (Å²) < 4.78 is 39.9. The van der Waals surface area contributed by atoms with Crippen LogP contribution in [0.3, 0.4) is 0 Å². The Morgan fingerprint density at radius 1 is 1.33 bits per heavy atom. The summed E-state index contributed by atoms with van der Waals surface area (Å²) >= 11 is 5.37. The number of ether oxygens (including phenoxy) is 2. The molecule has 0 saturated heterocycles. The number of nitrogens with one attached hydrogen (secondary N) is 2. The zero-order chi connectivity index (χ0) is 22.0. The molecule has 2 N–H and O–H groups in total. The van der Waals surface area contributed by atoms with E-state index in [1.807, 2.05) is 0 Å². The topological polar surface area (TPSA) is 88.9 Å². The van der Waals surface area contributed by atoms with Gasteiger partial charge in [0.05, 0.1) is 18.7 Å². The number of alkyl halides is 2. The van der Waals surface area contributed by atoms with Crippen LogP contribution < -0.4 is 20.1 Å². The SMILES string of the molecule is COc1cc([C@H]2NC(=S)N(C)C(C)=C2C(=O)Nc2cc(C)on2)ccc1OC(F)F. The Hall–Kier alpha value is -3.21. The molecule has 1 aliphatic heterocycles. The molecule has 8 nitrogen and oxygen atoms in total. The molecule has 1 aromatic carbocycles. The zero-order valence-electron chi connectivity index (χ0n) is 16.7. The highest BCUT2D eigenvalue weighted by molar-refractivity contribution is 7.80. The number of thiocarbonyl (C=S) groups is 1. The lowest BCUT2D eigenvalue weighted by Gasteiger charge is -2.35. The molecule has 3 rings (SSSR count). The fourth-order valence-electron chi connectivity index (χ4n) is 3.05. The second-order valence-corrected chi connectivity index (χ2v) is 6.89. The molecule has 0 spiro atoms. The Labute approximate surface area is 176 Å². The van der Waals surface area contributed by atoms with E-state index in [0.29, 0.717) is 27.7 Å². The third-order valence-electron chi connectivity index (χ3n) is 4.61. The van der Waals surface area contributed by atoms with Crippen LogP contribution in [-0.2, 0) is 4.79 Å². The maximum atomic E-state index is 13.1. The number of carbonyl (C=O) groups is 1. The van der Waals surface area contributed by atoms with Crippen LogP contribution in [0.15, 0.2) is 40.1 Å². The van der Waals surface area contributed by atoms with Crippen molar-refractivity contribution in [2.45, 2.75) is 26.5 Å². The fourth-order valence-corrected chi connectivity index (χ4v) is 3.30. The maximum Gasteiger partial charge on any atom is 0.387 e. The van der Waals surface area contributed by atoms with Crippen molar-refractivity contribution in [2.75, 3.05) is 19.5 Å². The molecule has 0 saturated carbocycles. The van der Waals surface area contributed by atoms with Gasteiger partial charge in [-0.05, 0) is 43.8 Å². The van der Waals surface area contributed by atoms with Gasteiger partial charge >= 0.3 is 6.61 Å². The number of benzene rings is 1. The third-order valence-corrected chi connectivity index (χ3v) is 5.00. The first-order valence-corrected chi connectivity index (χ1v) is 9.24. The molecule has 160 valence electrons. The fraction of sp³-hybridized carbons (Fsp3) is 0.316. The van der Waals surface area contributed by atoms with Crippen molar-refractivity contribution in [1.29, 1.82) is 0 Å². The van der Waals surface area contributed by atoms with Crippen molar-refractivity contribution < 1.29 is 27.6 Å². The molecule has 2 heterocycles. The minimum Gasteiger partial charge on any atom is -0.493 e. The molecule has 0 unspecified atom stereocenters. The van der Waals surface area contributed by atoms with Crippen molar-refractivity contribution >= 4 is 29.1 Å². The van der Waals surface area contributed by atoms with Crippen molar-refractivity contribution in [3.63, 3.8) is 0 Å². The number of hydrogen-bond donors (Lipinski definition) is 2. The molecule has 0 bridgehead atoms. The lowest BCUT2D eigenvalue weighted by atomic mass is 9.94. The van der Waals surface area contributed by atoms with Crippen LogP contribution in [0.5, 0.6) is 11.5 Å². The Morgan fingerprint density at radius 3 is 2.67 bits per heavy atom. The molecule has 0 aliphatic carbocycles. The second-order valence-electron chi connectivity index (χ2n) is 6.51. The second kappa shape index (κ2) is 8.66. The average Bonchev–Trinajstić information content (AvgIpc) is 3.10. The monoisotopic (exact) mass is 438 g/mol. The standard InChI is InChI=1S/C19H20F2N4O4S/c1-9-7-14(24-29-9)22-17(26)15-10(2)25(3)19(30)23-16(15)11-5-6-12(28-18(20)21)13(8-11)27-4/h5-8,16,18H,1-4H3,(H,23,30)(H,22,24,26)/t16-/m1/s1. The van der Waals surface area contributed by atoms with E-state index >= 15 is 0 Å². The zero-order valence-corrected chi connectivity index (χ0v) is 17.5. The van der Waals surface area contributed by atoms with Gasteiger partial charge in [-0.25, -0.2) is 0 Å². The van der Waals surface area contributed by atoms with Gasteiger partial charge in [-0.15, -0.1) is 0 Å². The summed E-state index contributed by atoms with van der Waals surface area (Å²) in [6.45, 7) is 0.474. The van der Waals surface area contributed by atoms with E-state index in [9.17, 15) is 13.6 Å². The van der Waals surface area contributed by atoms with E-state index in [1.165, 1.54) is 19.2 Å². The van der Waals surface area contributed by atoms with E-state index in [1.54, 1.807) is 37.9 Å². The highest BCUT2D eigenvalue weighted by atomic mass is 32.1. The van der Waals surface area contributed by atoms with Crippen LogP contribution in [-0.4, -0.2) is 41.8 Å². The molecule has 0 radical (unpaired) electrons. The van der Waals surface area contributed by atoms with Crippen molar-refractivity contribution in [3.8, 4) is 11.5 Å². The van der Waals surface area contributed by atoms with Crippen LogP contribution in [0.25, 0.3) is 0 Å². The number of anilines is 1. The molecule has 30 heavy (non-hydrogen) atoms. The number of rotatable bonds is 6. The third kappa shape index (κ3) is 4.35. The van der Waals surface area contributed by atoms with Crippen LogP contribution in [0.1, 0.15) is 24.3 Å². The van der Waals surface area contributed by atoms with E-state index in [2.05, 4.69) is 20.5 Å². The molecular formula is C19H20F2N4O4S. The van der Waals surface area contributed by atoms with Crippen molar-refractivity contribution in [1.82, 2.24) is 15.4 Å². The van der Waals surface area contributed by atoms with Crippen LogP contribution >= 0.6 is 12.2 Å². The molecule has 1 amide bonds. The minimum absolute atomic E-state index is 0.101. The highest BCUT2D eigenvalue weighted by Gasteiger charge is 2.33. The van der Waals surface area contributed by atoms with Gasteiger partial charge in [0.1, 0.15) is 5.76 Å². The number of carbonyl (C=O) groups excluding carboxylic acids is 1. The van der Waals surface area contributed by atoms with E-state index < -0.39 is 18.6 Å². The van der Waals surface area contributed by atoms with Gasteiger partial charge in [0.15, 0.2) is 22.4 Å². The first-order valence-electron chi connectivity index (χ1n) is 8.83. The Bertz CT molecular complexity index is 1010. The quantitative estimate of drug-likeness (QED) is 0.664.